The van der Waals surface area contributed by atoms with Gasteiger partial charge in [0.1, 0.15) is 0 Å². The van der Waals surface area contributed by atoms with E-state index in [0.717, 1.165) is 24.8 Å². The molecule has 1 aromatic rings. The highest BCUT2D eigenvalue weighted by atomic mass is 16.2. The fourth-order valence-corrected chi connectivity index (χ4v) is 2.35. The lowest BCUT2D eigenvalue weighted by atomic mass is 10.0. The second-order valence-corrected chi connectivity index (χ2v) is 5.05. The van der Waals surface area contributed by atoms with Crippen molar-refractivity contribution in [3.05, 3.63) is 35.4 Å². The lowest BCUT2D eigenvalue weighted by Gasteiger charge is -2.28. The highest BCUT2D eigenvalue weighted by Crippen LogP contribution is 2.21. The molecule has 1 aromatic carbocycles. The Hall–Kier alpha value is -1.82. The summed E-state index contributed by atoms with van der Waals surface area (Å²) in [5, 5.41) is 8.82. The van der Waals surface area contributed by atoms with Gasteiger partial charge in [0.25, 0.3) is 0 Å². The fraction of sp³-hybridized carbons (Fsp3) is 0.529. The molecule has 0 aliphatic rings. The number of unbranched alkanes of at least 4 members (excludes halogenated alkanes) is 2. The van der Waals surface area contributed by atoms with Crippen molar-refractivity contribution in [1.82, 2.24) is 4.90 Å². The average molecular weight is 272 g/mol. The van der Waals surface area contributed by atoms with Gasteiger partial charge in [-0.1, -0.05) is 31.9 Å². The van der Waals surface area contributed by atoms with Crippen molar-refractivity contribution in [3.63, 3.8) is 0 Å². The number of hydrogen-bond donors (Lipinski definition) is 0. The zero-order valence-electron chi connectivity index (χ0n) is 12.7. The molecule has 3 heteroatoms. The minimum atomic E-state index is 0.0573. The van der Waals surface area contributed by atoms with Crippen molar-refractivity contribution < 1.29 is 4.79 Å². The van der Waals surface area contributed by atoms with E-state index in [1.54, 1.807) is 12.1 Å². The second-order valence-electron chi connectivity index (χ2n) is 5.05. The summed E-state index contributed by atoms with van der Waals surface area (Å²) in [4.78, 5) is 14.2. The number of nitrogens with zero attached hydrogens (tertiary/aromatic N) is 2. The van der Waals surface area contributed by atoms with Crippen LogP contribution in [-0.4, -0.2) is 17.4 Å². The molecule has 0 spiro atoms. The van der Waals surface area contributed by atoms with E-state index < -0.39 is 0 Å². The van der Waals surface area contributed by atoms with Crippen LogP contribution >= 0.6 is 0 Å². The van der Waals surface area contributed by atoms with Crippen molar-refractivity contribution in [2.45, 2.75) is 52.5 Å². The molecule has 1 amide bonds. The molecule has 0 fully saturated rings. The van der Waals surface area contributed by atoms with E-state index in [4.69, 9.17) is 5.26 Å². The van der Waals surface area contributed by atoms with Crippen LogP contribution in [0.1, 0.15) is 63.6 Å². The summed E-state index contributed by atoms with van der Waals surface area (Å²) >= 11 is 0. The molecular formula is C17H24N2O. The van der Waals surface area contributed by atoms with Crippen molar-refractivity contribution in [2.75, 3.05) is 6.54 Å². The van der Waals surface area contributed by atoms with Gasteiger partial charge in [-0.15, -0.1) is 0 Å². The largest absolute Gasteiger partial charge is 0.336 e. The summed E-state index contributed by atoms with van der Waals surface area (Å²) in [7, 11) is 0. The van der Waals surface area contributed by atoms with Gasteiger partial charge in [-0.2, -0.15) is 5.26 Å². The van der Waals surface area contributed by atoms with Crippen LogP contribution in [0.25, 0.3) is 0 Å². The minimum Gasteiger partial charge on any atom is -0.336 e. The summed E-state index contributed by atoms with van der Waals surface area (Å²) in [6.45, 7) is 6.91. The molecule has 0 aliphatic heterocycles. The van der Waals surface area contributed by atoms with E-state index >= 15 is 0 Å². The molecule has 108 valence electrons. The third-order valence-corrected chi connectivity index (χ3v) is 3.64. The van der Waals surface area contributed by atoms with E-state index in [2.05, 4.69) is 13.0 Å². The van der Waals surface area contributed by atoms with Gasteiger partial charge < -0.3 is 4.90 Å². The number of rotatable bonds is 7. The van der Waals surface area contributed by atoms with Crippen LogP contribution in [0.15, 0.2) is 24.3 Å². The standard InChI is InChI=1S/C17H24N2O/c1-4-6-7-8-17(20)19(5-2)14(3)16-11-9-15(13-18)10-12-16/h9-12,14H,4-8H2,1-3H3. The zero-order chi connectivity index (χ0) is 15.0. The van der Waals surface area contributed by atoms with Crippen LogP contribution in [0.5, 0.6) is 0 Å². The summed E-state index contributed by atoms with van der Waals surface area (Å²) in [6, 6.07) is 9.66. The predicted molar refractivity (Wildman–Crippen MR) is 81.1 cm³/mol. The average Bonchev–Trinajstić information content (AvgIpc) is 2.48. The van der Waals surface area contributed by atoms with E-state index in [-0.39, 0.29) is 11.9 Å². The predicted octanol–water partition coefficient (Wildman–Crippen LogP) is 4.05. The Morgan fingerprint density at radius 1 is 1.25 bits per heavy atom. The molecule has 0 N–H and O–H groups in total. The topological polar surface area (TPSA) is 44.1 Å². The fourth-order valence-electron chi connectivity index (χ4n) is 2.35. The number of nitriles is 1. The molecular weight excluding hydrogens is 248 g/mol. The third-order valence-electron chi connectivity index (χ3n) is 3.64. The number of hydrogen-bond acceptors (Lipinski definition) is 2. The molecule has 1 rings (SSSR count). The van der Waals surface area contributed by atoms with Crippen molar-refractivity contribution >= 4 is 5.91 Å². The Morgan fingerprint density at radius 2 is 1.90 bits per heavy atom. The normalized spacial score (nSPS) is 11.7. The first kappa shape index (κ1) is 16.2. The lowest BCUT2D eigenvalue weighted by molar-refractivity contribution is -0.133. The Bertz CT molecular complexity index is 459. The van der Waals surface area contributed by atoms with Gasteiger partial charge in [0.05, 0.1) is 17.7 Å². The van der Waals surface area contributed by atoms with E-state index in [1.807, 2.05) is 30.9 Å². The molecule has 0 radical (unpaired) electrons. The maximum absolute atomic E-state index is 12.3. The molecule has 1 unspecified atom stereocenters. The van der Waals surface area contributed by atoms with E-state index in [1.165, 1.54) is 0 Å². The zero-order valence-corrected chi connectivity index (χ0v) is 12.7. The molecule has 0 aromatic heterocycles. The number of carbonyl (C=O) groups is 1. The maximum Gasteiger partial charge on any atom is 0.223 e. The first-order valence-electron chi connectivity index (χ1n) is 7.43. The van der Waals surface area contributed by atoms with E-state index in [9.17, 15) is 4.79 Å². The minimum absolute atomic E-state index is 0.0573. The summed E-state index contributed by atoms with van der Waals surface area (Å²) < 4.78 is 0. The van der Waals surface area contributed by atoms with Gasteiger partial charge in [-0.05, 0) is 38.0 Å². The lowest BCUT2D eigenvalue weighted by Crippen LogP contribution is -2.33. The summed E-state index contributed by atoms with van der Waals surface area (Å²) in [5.74, 6) is 0.220. The van der Waals surface area contributed by atoms with Gasteiger partial charge >= 0.3 is 0 Å². The first-order chi connectivity index (χ1) is 9.63. The third kappa shape index (κ3) is 4.38. The number of benzene rings is 1. The first-order valence-corrected chi connectivity index (χ1v) is 7.43. The Labute approximate surface area is 122 Å². The Balaban J connectivity index is 2.72. The molecule has 3 nitrogen and oxygen atoms in total. The number of amides is 1. The smallest absolute Gasteiger partial charge is 0.223 e. The Kier molecular flexibility index (Phi) is 6.79. The van der Waals surface area contributed by atoms with E-state index in [0.29, 0.717) is 18.5 Å². The summed E-state index contributed by atoms with van der Waals surface area (Å²) in [6.07, 6.45) is 3.83. The number of carbonyl (C=O) groups excluding carboxylic acids is 1. The highest BCUT2D eigenvalue weighted by molar-refractivity contribution is 5.76. The van der Waals surface area contributed by atoms with Crippen LogP contribution in [-0.2, 0) is 4.79 Å². The maximum atomic E-state index is 12.3. The van der Waals surface area contributed by atoms with Crippen LogP contribution in [0.3, 0.4) is 0 Å². The second kappa shape index (κ2) is 8.37. The van der Waals surface area contributed by atoms with Gasteiger partial charge in [0, 0.05) is 13.0 Å². The van der Waals surface area contributed by atoms with Gasteiger partial charge in [-0.3, -0.25) is 4.79 Å². The molecule has 20 heavy (non-hydrogen) atoms. The van der Waals surface area contributed by atoms with Crippen molar-refractivity contribution in [3.8, 4) is 6.07 Å². The quantitative estimate of drug-likeness (QED) is 0.703. The monoisotopic (exact) mass is 272 g/mol. The van der Waals surface area contributed by atoms with Crippen molar-refractivity contribution in [1.29, 1.82) is 5.26 Å². The van der Waals surface area contributed by atoms with Crippen LogP contribution in [0.4, 0.5) is 0 Å². The van der Waals surface area contributed by atoms with Gasteiger partial charge in [0.15, 0.2) is 0 Å². The van der Waals surface area contributed by atoms with Gasteiger partial charge in [-0.25, -0.2) is 0 Å². The molecule has 1 atom stereocenters. The molecule has 0 saturated heterocycles. The van der Waals surface area contributed by atoms with Crippen LogP contribution in [0.2, 0.25) is 0 Å². The van der Waals surface area contributed by atoms with Crippen LogP contribution in [0, 0.1) is 11.3 Å². The molecule has 0 bridgehead atoms. The SMILES string of the molecule is CCCCCC(=O)N(CC)C(C)c1ccc(C#N)cc1. The summed E-state index contributed by atoms with van der Waals surface area (Å²) in [5.41, 5.74) is 1.73. The van der Waals surface area contributed by atoms with Crippen molar-refractivity contribution in [2.24, 2.45) is 0 Å². The van der Waals surface area contributed by atoms with Gasteiger partial charge in [0.2, 0.25) is 5.91 Å². The van der Waals surface area contributed by atoms with Crippen LogP contribution < -0.4 is 0 Å². The Morgan fingerprint density at radius 3 is 2.40 bits per heavy atom. The molecule has 0 saturated carbocycles. The highest BCUT2D eigenvalue weighted by Gasteiger charge is 2.19. The molecule has 0 heterocycles. The molecule has 0 aliphatic carbocycles.